The molecule has 0 radical (unpaired) electrons. The highest BCUT2D eigenvalue weighted by atomic mass is 32.2. The number of pyridine rings is 1. The molecular weight excluding hydrogens is 358 g/mol. The zero-order valence-corrected chi connectivity index (χ0v) is 16.4. The highest BCUT2D eigenvalue weighted by Gasteiger charge is 2.15. The van der Waals surface area contributed by atoms with Gasteiger partial charge >= 0.3 is 0 Å². The molecule has 0 fully saturated rings. The zero-order chi connectivity index (χ0) is 19.1. The number of nitrogens with one attached hydrogen (secondary N) is 1. The van der Waals surface area contributed by atoms with Crippen LogP contribution in [0.3, 0.4) is 0 Å². The Balaban J connectivity index is 1.70. The SMILES string of the molecule is CCCCn1c(SCC(=O)Nc2cccc(C)c2)nnc1-c1ccncc1. The van der Waals surface area contributed by atoms with E-state index in [0.29, 0.717) is 0 Å². The van der Waals surface area contributed by atoms with Crippen LogP contribution in [-0.4, -0.2) is 31.4 Å². The lowest BCUT2D eigenvalue weighted by molar-refractivity contribution is -0.113. The van der Waals surface area contributed by atoms with Crippen molar-refractivity contribution in [3.63, 3.8) is 0 Å². The van der Waals surface area contributed by atoms with Crippen molar-refractivity contribution in [2.24, 2.45) is 0 Å². The summed E-state index contributed by atoms with van der Waals surface area (Å²) in [5.41, 5.74) is 2.90. The zero-order valence-electron chi connectivity index (χ0n) is 15.6. The summed E-state index contributed by atoms with van der Waals surface area (Å²) in [4.78, 5) is 16.4. The third kappa shape index (κ3) is 5.17. The number of unbranched alkanes of at least 4 members (excludes halogenated alkanes) is 1. The van der Waals surface area contributed by atoms with E-state index in [1.165, 1.54) is 11.8 Å². The number of aromatic nitrogens is 4. The molecule has 0 aliphatic carbocycles. The molecule has 1 N–H and O–H groups in total. The first kappa shape index (κ1) is 19.1. The van der Waals surface area contributed by atoms with Gasteiger partial charge in [-0.05, 0) is 43.2 Å². The van der Waals surface area contributed by atoms with Gasteiger partial charge in [-0.2, -0.15) is 0 Å². The Morgan fingerprint density at radius 3 is 2.74 bits per heavy atom. The molecule has 7 heteroatoms. The predicted octanol–water partition coefficient (Wildman–Crippen LogP) is 4.18. The molecule has 0 saturated carbocycles. The lowest BCUT2D eigenvalue weighted by Gasteiger charge is -2.10. The maximum atomic E-state index is 12.3. The van der Waals surface area contributed by atoms with Crippen LogP contribution in [0.25, 0.3) is 11.4 Å². The number of aryl methyl sites for hydroxylation is 1. The maximum Gasteiger partial charge on any atom is 0.234 e. The van der Waals surface area contributed by atoms with Crippen LogP contribution in [0.1, 0.15) is 25.3 Å². The molecule has 0 spiro atoms. The number of thioether (sulfide) groups is 1. The summed E-state index contributed by atoms with van der Waals surface area (Å²) in [6.45, 7) is 4.98. The van der Waals surface area contributed by atoms with Gasteiger partial charge in [0.25, 0.3) is 0 Å². The number of carbonyl (C=O) groups excluding carboxylic acids is 1. The molecule has 1 aromatic carbocycles. The van der Waals surface area contributed by atoms with Crippen molar-refractivity contribution in [3.8, 4) is 11.4 Å². The van der Waals surface area contributed by atoms with Gasteiger partial charge in [-0.3, -0.25) is 9.78 Å². The van der Waals surface area contributed by atoms with Crippen LogP contribution in [0.4, 0.5) is 5.69 Å². The monoisotopic (exact) mass is 381 g/mol. The molecule has 0 unspecified atom stereocenters. The maximum absolute atomic E-state index is 12.3. The van der Waals surface area contributed by atoms with Crippen molar-refractivity contribution in [1.29, 1.82) is 0 Å². The Morgan fingerprint density at radius 2 is 2.00 bits per heavy atom. The van der Waals surface area contributed by atoms with E-state index < -0.39 is 0 Å². The Kier molecular flexibility index (Phi) is 6.59. The number of amides is 1. The topological polar surface area (TPSA) is 72.7 Å². The van der Waals surface area contributed by atoms with Crippen LogP contribution in [0.5, 0.6) is 0 Å². The molecular formula is C20H23N5OS. The van der Waals surface area contributed by atoms with Crippen LogP contribution in [0.2, 0.25) is 0 Å². The molecule has 0 atom stereocenters. The van der Waals surface area contributed by atoms with Crippen molar-refractivity contribution >= 4 is 23.4 Å². The van der Waals surface area contributed by atoms with Gasteiger partial charge < -0.3 is 9.88 Å². The van der Waals surface area contributed by atoms with Crippen LogP contribution < -0.4 is 5.32 Å². The Labute approximate surface area is 163 Å². The lowest BCUT2D eigenvalue weighted by atomic mass is 10.2. The molecule has 0 aliphatic heterocycles. The Morgan fingerprint density at radius 1 is 1.19 bits per heavy atom. The summed E-state index contributed by atoms with van der Waals surface area (Å²) < 4.78 is 2.09. The van der Waals surface area contributed by atoms with Gasteiger partial charge in [-0.1, -0.05) is 37.2 Å². The normalized spacial score (nSPS) is 10.7. The summed E-state index contributed by atoms with van der Waals surface area (Å²) >= 11 is 1.41. The number of carbonyl (C=O) groups is 1. The van der Waals surface area contributed by atoms with Gasteiger partial charge in [-0.25, -0.2) is 0 Å². The van der Waals surface area contributed by atoms with Gasteiger partial charge in [0.2, 0.25) is 5.91 Å². The van der Waals surface area contributed by atoms with Crippen LogP contribution in [-0.2, 0) is 11.3 Å². The number of nitrogens with zero attached hydrogens (tertiary/aromatic N) is 4. The number of benzene rings is 1. The van der Waals surface area contributed by atoms with Gasteiger partial charge in [0.15, 0.2) is 11.0 Å². The summed E-state index contributed by atoms with van der Waals surface area (Å²) in [6, 6.07) is 11.6. The lowest BCUT2D eigenvalue weighted by Crippen LogP contribution is -2.14. The largest absolute Gasteiger partial charge is 0.325 e. The van der Waals surface area contributed by atoms with Crippen LogP contribution in [0.15, 0.2) is 53.9 Å². The summed E-state index contributed by atoms with van der Waals surface area (Å²) in [5, 5.41) is 12.3. The minimum Gasteiger partial charge on any atom is -0.325 e. The molecule has 3 rings (SSSR count). The van der Waals surface area contributed by atoms with Crippen LogP contribution >= 0.6 is 11.8 Å². The summed E-state index contributed by atoms with van der Waals surface area (Å²) in [5.74, 6) is 1.04. The van der Waals surface area contributed by atoms with E-state index in [1.807, 2.05) is 43.3 Å². The van der Waals surface area contributed by atoms with E-state index in [4.69, 9.17) is 0 Å². The van der Waals surface area contributed by atoms with Gasteiger partial charge in [0.05, 0.1) is 5.75 Å². The molecule has 0 saturated heterocycles. The summed E-state index contributed by atoms with van der Waals surface area (Å²) in [6.07, 6.45) is 5.59. The molecule has 1 amide bonds. The minimum atomic E-state index is -0.0545. The minimum absolute atomic E-state index is 0.0545. The average molecular weight is 382 g/mol. The third-order valence-electron chi connectivity index (χ3n) is 4.02. The average Bonchev–Trinajstić information content (AvgIpc) is 3.08. The highest BCUT2D eigenvalue weighted by Crippen LogP contribution is 2.24. The smallest absolute Gasteiger partial charge is 0.234 e. The van der Waals surface area contributed by atoms with Crippen molar-refractivity contribution in [3.05, 3.63) is 54.4 Å². The number of hydrogen-bond acceptors (Lipinski definition) is 5. The molecule has 2 aromatic heterocycles. The van der Waals surface area contributed by atoms with E-state index in [-0.39, 0.29) is 11.7 Å². The quantitative estimate of drug-likeness (QED) is 0.593. The first-order valence-corrected chi connectivity index (χ1v) is 9.99. The molecule has 140 valence electrons. The predicted molar refractivity (Wildman–Crippen MR) is 109 cm³/mol. The first-order valence-electron chi connectivity index (χ1n) is 9.00. The van der Waals surface area contributed by atoms with Gasteiger partial charge in [0.1, 0.15) is 0 Å². The van der Waals surface area contributed by atoms with Gasteiger partial charge in [0, 0.05) is 30.2 Å². The highest BCUT2D eigenvalue weighted by molar-refractivity contribution is 7.99. The molecule has 0 bridgehead atoms. The third-order valence-corrected chi connectivity index (χ3v) is 4.99. The van der Waals surface area contributed by atoms with Gasteiger partial charge in [-0.15, -0.1) is 10.2 Å². The number of hydrogen-bond donors (Lipinski definition) is 1. The van der Waals surface area contributed by atoms with Crippen molar-refractivity contribution in [2.75, 3.05) is 11.1 Å². The van der Waals surface area contributed by atoms with Crippen LogP contribution in [0, 0.1) is 6.92 Å². The molecule has 27 heavy (non-hydrogen) atoms. The first-order chi connectivity index (χ1) is 13.2. The van der Waals surface area contributed by atoms with E-state index in [1.54, 1.807) is 12.4 Å². The second-order valence-corrected chi connectivity index (χ2v) is 7.20. The molecule has 0 aliphatic rings. The van der Waals surface area contributed by atoms with E-state index in [2.05, 4.69) is 32.0 Å². The number of rotatable bonds is 8. The van der Waals surface area contributed by atoms with E-state index in [9.17, 15) is 4.79 Å². The molecule has 3 aromatic rings. The fraction of sp³-hybridized carbons (Fsp3) is 0.300. The Hall–Kier alpha value is -2.67. The standard InChI is InChI=1S/C20H23N5OS/c1-3-4-12-25-19(16-8-10-21-11-9-16)23-24-20(25)27-14-18(26)22-17-7-5-6-15(2)13-17/h5-11,13H,3-4,12,14H2,1-2H3,(H,22,26). The fourth-order valence-electron chi connectivity index (χ4n) is 2.68. The van der Waals surface area contributed by atoms with Crippen molar-refractivity contribution < 1.29 is 4.79 Å². The second-order valence-electron chi connectivity index (χ2n) is 6.25. The molecule has 2 heterocycles. The second kappa shape index (κ2) is 9.32. The molecule has 6 nitrogen and oxygen atoms in total. The summed E-state index contributed by atoms with van der Waals surface area (Å²) in [7, 11) is 0. The van der Waals surface area contributed by atoms with Crippen molar-refractivity contribution in [2.45, 2.75) is 38.4 Å². The van der Waals surface area contributed by atoms with E-state index in [0.717, 1.165) is 47.2 Å². The van der Waals surface area contributed by atoms with E-state index >= 15 is 0 Å². The Bertz CT molecular complexity index is 894. The fourth-order valence-corrected chi connectivity index (χ4v) is 3.44. The van der Waals surface area contributed by atoms with Crippen molar-refractivity contribution in [1.82, 2.24) is 19.7 Å². The number of anilines is 1.